The molecular weight excluding hydrogens is 176 g/mol. The summed E-state index contributed by atoms with van der Waals surface area (Å²) in [7, 11) is -2.99. The minimum Gasteiger partial charge on any atom is -0.326 e. The van der Waals surface area contributed by atoms with Gasteiger partial charge in [0.25, 0.3) is 0 Å². The van der Waals surface area contributed by atoms with Crippen LogP contribution in [0.2, 0.25) is 0 Å². The van der Waals surface area contributed by atoms with Gasteiger partial charge in [-0.25, -0.2) is 12.7 Å². The summed E-state index contributed by atoms with van der Waals surface area (Å²) in [4.78, 5) is 0. The highest BCUT2D eigenvalue weighted by molar-refractivity contribution is 7.89. The Labute approximate surface area is 73.8 Å². The van der Waals surface area contributed by atoms with Gasteiger partial charge in [0.05, 0.1) is 5.75 Å². The van der Waals surface area contributed by atoms with Crippen molar-refractivity contribution < 1.29 is 8.42 Å². The molecule has 1 saturated heterocycles. The van der Waals surface area contributed by atoms with Gasteiger partial charge in [0.15, 0.2) is 0 Å². The fourth-order valence-electron chi connectivity index (χ4n) is 1.39. The first kappa shape index (κ1) is 9.95. The average molecular weight is 192 g/mol. The maximum atomic E-state index is 11.4. The molecular formula is C7H16N2O2S. The van der Waals surface area contributed by atoms with Crippen LogP contribution in [0.4, 0.5) is 0 Å². The Morgan fingerprint density at radius 1 is 1.58 bits per heavy atom. The molecule has 0 aliphatic carbocycles. The van der Waals surface area contributed by atoms with E-state index in [4.69, 9.17) is 5.73 Å². The third kappa shape index (κ3) is 2.18. The van der Waals surface area contributed by atoms with E-state index in [0.717, 1.165) is 6.42 Å². The molecule has 0 aromatic rings. The van der Waals surface area contributed by atoms with Crippen molar-refractivity contribution in [3.63, 3.8) is 0 Å². The maximum absolute atomic E-state index is 11.4. The average Bonchev–Trinajstić information content (AvgIpc) is 2.36. The van der Waals surface area contributed by atoms with Crippen molar-refractivity contribution in [3.05, 3.63) is 0 Å². The zero-order valence-corrected chi connectivity index (χ0v) is 8.18. The van der Waals surface area contributed by atoms with Crippen LogP contribution in [0.3, 0.4) is 0 Å². The lowest BCUT2D eigenvalue weighted by Crippen LogP contribution is -2.33. The van der Waals surface area contributed by atoms with E-state index in [1.807, 2.05) is 6.92 Å². The number of sulfonamides is 1. The predicted octanol–water partition coefficient (Wildman–Crippen LogP) is -0.241. The van der Waals surface area contributed by atoms with E-state index < -0.39 is 10.0 Å². The monoisotopic (exact) mass is 192 g/mol. The Balaban J connectivity index is 2.58. The van der Waals surface area contributed by atoms with Crippen LogP contribution in [0, 0.1) is 0 Å². The van der Waals surface area contributed by atoms with E-state index in [2.05, 4.69) is 0 Å². The SMILES string of the molecule is CCCS(=O)(=O)N1CC[C@H](N)C1. The highest BCUT2D eigenvalue weighted by Crippen LogP contribution is 2.12. The third-order valence-electron chi connectivity index (χ3n) is 2.04. The smallest absolute Gasteiger partial charge is 0.214 e. The van der Waals surface area contributed by atoms with Crippen LogP contribution in [-0.2, 0) is 10.0 Å². The summed E-state index contributed by atoms with van der Waals surface area (Å²) in [6, 6.07) is 0.0385. The van der Waals surface area contributed by atoms with Crippen molar-refractivity contribution in [2.75, 3.05) is 18.8 Å². The summed E-state index contributed by atoms with van der Waals surface area (Å²) in [6.45, 7) is 2.97. The van der Waals surface area contributed by atoms with Crippen LogP contribution in [0.5, 0.6) is 0 Å². The van der Waals surface area contributed by atoms with Crippen molar-refractivity contribution >= 4 is 10.0 Å². The standard InChI is InChI=1S/C7H16N2O2S/c1-2-5-12(10,11)9-4-3-7(8)6-9/h7H,2-6,8H2,1H3/t7-/m0/s1. The van der Waals surface area contributed by atoms with E-state index in [9.17, 15) is 8.42 Å². The normalized spacial score (nSPS) is 26.3. The molecule has 0 unspecified atom stereocenters. The van der Waals surface area contributed by atoms with Gasteiger partial charge >= 0.3 is 0 Å². The minimum atomic E-state index is -2.99. The van der Waals surface area contributed by atoms with E-state index >= 15 is 0 Å². The topological polar surface area (TPSA) is 63.4 Å². The molecule has 0 spiro atoms. The lowest BCUT2D eigenvalue weighted by Gasteiger charge is -2.14. The Morgan fingerprint density at radius 2 is 2.25 bits per heavy atom. The molecule has 1 rings (SSSR count). The summed E-state index contributed by atoms with van der Waals surface area (Å²) < 4.78 is 24.4. The van der Waals surface area contributed by atoms with Gasteiger partial charge in [0.1, 0.15) is 0 Å². The number of rotatable bonds is 3. The summed E-state index contributed by atoms with van der Waals surface area (Å²) in [5.41, 5.74) is 5.61. The first-order chi connectivity index (χ1) is 5.56. The van der Waals surface area contributed by atoms with Gasteiger partial charge in [-0.05, 0) is 12.8 Å². The summed E-state index contributed by atoms with van der Waals surface area (Å²) >= 11 is 0. The van der Waals surface area contributed by atoms with Gasteiger partial charge in [0, 0.05) is 19.1 Å². The summed E-state index contributed by atoms with van der Waals surface area (Å²) in [5, 5.41) is 0. The summed E-state index contributed by atoms with van der Waals surface area (Å²) in [6.07, 6.45) is 1.47. The third-order valence-corrected chi connectivity index (χ3v) is 4.09. The molecule has 0 aromatic carbocycles. The molecule has 5 heteroatoms. The Hall–Kier alpha value is -0.130. The maximum Gasteiger partial charge on any atom is 0.214 e. The molecule has 1 heterocycles. The lowest BCUT2D eigenvalue weighted by molar-refractivity contribution is 0.472. The molecule has 0 amide bonds. The highest BCUT2D eigenvalue weighted by atomic mass is 32.2. The largest absolute Gasteiger partial charge is 0.326 e. The lowest BCUT2D eigenvalue weighted by atomic mass is 10.3. The fourth-order valence-corrected chi connectivity index (χ4v) is 2.97. The zero-order valence-electron chi connectivity index (χ0n) is 7.36. The van der Waals surface area contributed by atoms with Crippen LogP contribution in [0.15, 0.2) is 0 Å². The Morgan fingerprint density at radius 3 is 2.67 bits per heavy atom. The molecule has 0 bridgehead atoms. The zero-order chi connectivity index (χ0) is 9.19. The van der Waals surface area contributed by atoms with E-state index in [0.29, 0.717) is 19.5 Å². The molecule has 72 valence electrons. The molecule has 0 radical (unpaired) electrons. The first-order valence-corrected chi connectivity index (χ1v) is 5.90. The van der Waals surface area contributed by atoms with Crippen LogP contribution >= 0.6 is 0 Å². The van der Waals surface area contributed by atoms with Crippen molar-refractivity contribution in [1.82, 2.24) is 4.31 Å². The second kappa shape index (κ2) is 3.72. The van der Waals surface area contributed by atoms with Gasteiger partial charge in [-0.15, -0.1) is 0 Å². The summed E-state index contributed by atoms with van der Waals surface area (Å²) in [5.74, 6) is 0.250. The molecule has 1 fully saturated rings. The van der Waals surface area contributed by atoms with E-state index in [1.54, 1.807) is 0 Å². The van der Waals surface area contributed by atoms with Gasteiger partial charge in [-0.1, -0.05) is 6.92 Å². The van der Waals surface area contributed by atoms with Crippen LogP contribution in [0.1, 0.15) is 19.8 Å². The Kier molecular flexibility index (Phi) is 3.09. The quantitative estimate of drug-likeness (QED) is 0.671. The van der Waals surface area contributed by atoms with Gasteiger partial charge in [-0.2, -0.15) is 0 Å². The van der Waals surface area contributed by atoms with Crippen LogP contribution < -0.4 is 5.73 Å². The fraction of sp³-hybridized carbons (Fsp3) is 1.00. The predicted molar refractivity (Wildman–Crippen MR) is 48.2 cm³/mol. The van der Waals surface area contributed by atoms with E-state index in [1.165, 1.54) is 4.31 Å². The molecule has 0 aromatic heterocycles. The number of nitrogens with zero attached hydrogens (tertiary/aromatic N) is 1. The number of hydrogen-bond acceptors (Lipinski definition) is 3. The van der Waals surface area contributed by atoms with Gasteiger partial charge < -0.3 is 5.73 Å². The highest BCUT2D eigenvalue weighted by Gasteiger charge is 2.28. The molecule has 2 N–H and O–H groups in total. The van der Waals surface area contributed by atoms with Crippen molar-refractivity contribution in [1.29, 1.82) is 0 Å². The van der Waals surface area contributed by atoms with Crippen molar-refractivity contribution in [2.45, 2.75) is 25.8 Å². The molecule has 12 heavy (non-hydrogen) atoms. The van der Waals surface area contributed by atoms with Gasteiger partial charge in [-0.3, -0.25) is 0 Å². The van der Waals surface area contributed by atoms with Gasteiger partial charge in [0.2, 0.25) is 10.0 Å². The van der Waals surface area contributed by atoms with E-state index in [-0.39, 0.29) is 11.8 Å². The first-order valence-electron chi connectivity index (χ1n) is 4.29. The molecule has 4 nitrogen and oxygen atoms in total. The van der Waals surface area contributed by atoms with Crippen LogP contribution in [0.25, 0.3) is 0 Å². The minimum absolute atomic E-state index is 0.0385. The van der Waals surface area contributed by atoms with Crippen LogP contribution in [-0.4, -0.2) is 37.6 Å². The second-order valence-electron chi connectivity index (χ2n) is 3.22. The Bertz CT molecular complexity index is 238. The molecule has 1 aliphatic heterocycles. The van der Waals surface area contributed by atoms with Crippen molar-refractivity contribution in [2.24, 2.45) is 5.73 Å². The number of nitrogens with two attached hydrogens (primary N) is 1. The second-order valence-corrected chi connectivity index (χ2v) is 5.31. The molecule has 1 aliphatic rings. The molecule has 1 atom stereocenters. The van der Waals surface area contributed by atoms with Crippen molar-refractivity contribution in [3.8, 4) is 0 Å². The number of hydrogen-bond donors (Lipinski definition) is 1. The molecule has 0 saturated carbocycles.